The standard InChI is InChI=1S/C27H29F3N6O2Se/c1-31-25(37)16-5-8-21(23(15-16)38-2)32-11-3-4-17-14-22-24(35-20-10-7-18-6-9-19(20)34-18)33-12-13-36(22)26(17)39-27(28,29)30/h5,8,12-15,18-20,32,34H,6-7,9-11H2,1-2H3,(H,31,37)(H,33,35)/t18-,19+,20+/m0/s1. The molecule has 3 aromatic rings. The first-order valence-electron chi connectivity index (χ1n) is 12.7. The first kappa shape index (κ1) is 27.2. The molecule has 1 amide bonds. The summed E-state index contributed by atoms with van der Waals surface area (Å²) in [6.45, 7) is 0.167. The third-order valence-corrected chi connectivity index (χ3v) is 8.82. The van der Waals surface area contributed by atoms with Crippen molar-refractivity contribution in [1.29, 1.82) is 0 Å². The molecule has 4 N–H and O–H groups in total. The predicted molar refractivity (Wildman–Crippen MR) is 145 cm³/mol. The van der Waals surface area contributed by atoms with Crippen molar-refractivity contribution in [1.82, 2.24) is 20.0 Å². The Hall–Kier alpha value is -3.39. The third kappa shape index (κ3) is 6.11. The number of anilines is 2. The van der Waals surface area contributed by atoms with Crippen LogP contribution in [0.1, 0.15) is 41.6 Å². The van der Waals surface area contributed by atoms with Crippen LogP contribution in [0, 0.1) is 11.8 Å². The number of alkyl halides is 3. The molecule has 8 nitrogen and oxygen atoms in total. The van der Waals surface area contributed by atoms with Crippen LogP contribution in [0.25, 0.3) is 5.52 Å². The number of nitrogens with zero attached hydrogens (tertiary/aromatic N) is 2. The van der Waals surface area contributed by atoms with Crippen molar-refractivity contribution in [3.63, 3.8) is 0 Å². The Bertz CT molecular complexity index is 1430. The molecule has 5 rings (SSSR count). The Morgan fingerprint density at radius 2 is 2.08 bits per heavy atom. The topological polar surface area (TPSA) is 91.7 Å². The van der Waals surface area contributed by atoms with Crippen molar-refractivity contribution < 1.29 is 22.7 Å². The normalized spacial score (nSPS) is 20.3. The molecule has 39 heavy (non-hydrogen) atoms. The molecule has 2 saturated heterocycles. The van der Waals surface area contributed by atoms with Gasteiger partial charge in [-0.3, -0.25) is 0 Å². The molecule has 0 spiro atoms. The number of carbonyl (C=O) groups is 1. The van der Waals surface area contributed by atoms with E-state index < -0.39 is 20.0 Å². The second kappa shape index (κ2) is 11.4. The van der Waals surface area contributed by atoms with Crippen LogP contribution in [0.5, 0.6) is 5.75 Å². The van der Waals surface area contributed by atoms with E-state index in [4.69, 9.17) is 4.74 Å². The van der Waals surface area contributed by atoms with Gasteiger partial charge in [0.15, 0.2) is 0 Å². The van der Waals surface area contributed by atoms with Crippen molar-refractivity contribution in [3.05, 3.63) is 47.8 Å². The Kier molecular flexibility index (Phi) is 7.93. The quantitative estimate of drug-likeness (QED) is 0.245. The van der Waals surface area contributed by atoms with Crippen LogP contribution in [0.3, 0.4) is 0 Å². The molecule has 0 radical (unpaired) electrons. The maximum absolute atomic E-state index is 13.6. The molecule has 206 valence electrons. The Labute approximate surface area is 230 Å². The number of carbonyl (C=O) groups excluding carboxylic acids is 1. The molecule has 0 unspecified atom stereocenters. The van der Waals surface area contributed by atoms with Gasteiger partial charge in [-0.2, -0.15) is 0 Å². The van der Waals surface area contributed by atoms with Gasteiger partial charge >= 0.3 is 224 Å². The summed E-state index contributed by atoms with van der Waals surface area (Å²) < 4.78 is 47.8. The number of hydrogen-bond acceptors (Lipinski definition) is 6. The summed E-state index contributed by atoms with van der Waals surface area (Å²) in [4.78, 5) is 16.4. The Morgan fingerprint density at radius 3 is 2.85 bits per heavy atom. The number of ether oxygens (including phenoxy) is 1. The zero-order valence-corrected chi connectivity index (χ0v) is 23.2. The molecule has 1 aromatic carbocycles. The predicted octanol–water partition coefficient (Wildman–Crippen LogP) is 2.71. The van der Waals surface area contributed by atoms with E-state index in [2.05, 4.69) is 38.1 Å². The summed E-state index contributed by atoms with van der Waals surface area (Å²) in [5.74, 6) is 6.67. The second-order valence-corrected chi connectivity index (χ2v) is 11.7. The van der Waals surface area contributed by atoms with Crippen LogP contribution in [0.4, 0.5) is 24.7 Å². The first-order valence-corrected chi connectivity index (χ1v) is 14.4. The summed E-state index contributed by atoms with van der Waals surface area (Å²) in [6, 6.07) is 7.73. The summed E-state index contributed by atoms with van der Waals surface area (Å²) in [5, 5.41) is 8.46. The van der Waals surface area contributed by atoms with Gasteiger partial charge in [0, 0.05) is 7.05 Å². The van der Waals surface area contributed by atoms with E-state index in [9.17, 15) is 18.0 Å². The fourth-order valence-electron chi connectivity index (χ4n) is 5.22. The molecule has 2 aromatic heterocycles. The molecule has 2 bridgehead atoms. The second-order valence-electron chi connectivity index (χ2n) is 9.47. The number of nitrogens with one attached hydrogen (secondary N) is 4. The molecule has 0 aliphatic carbocycles. The molecule has 0 saturated carbocycles. The Morgan fingerprint density at radius 1 is 1.26 bits per heavy atom. The number of halogens is 3. The van der Waals surface area contributed by atoms with Gasteiger partial charge in [-0.05, 0) is 0 Å². The van der Waals surface area contributed by atoms with Gasteiger partial charge in [-0.25, -0.2) is 0 Å². The summed E-state index contributed by atoms with van der Waals surface area (Å²) >= 11 is -1.79. The third-order valence-electron chi connectivity index (χ3n) is 7.06. The van der Waals surface area contributed by atoms with Crippen LogP contribution >= 0.6 is 0 Å². The van der Waals surface area contributed by atoms with Gasteiger partial charge in [0.1, 0.15) is 0 Å². The van der Waals surface area contributed by atoms with Gasteiger partial charge in [-0.15, -0.1) is 0 Å². The van der Waals surface area contributed by atoms with Crippen molar-refractivity contribution in [2.24, 2.45) is 0 Å². The van der Waals surface area contributed by atoms with Crippen LogP contribution in [0.15, 0.2) is 36.7 Å². The number of benzene rings is 1. The van der Waals surface area contributed by atoms with Crippen molar-refractivity contribution >= 4 is 42.5 Å². The fourth-order valence-corrected chi connectivity index (χ4v) is 6.68. The maximum atomic E-state index is 13.6. The zero-order chi connectivity index (χ0) is 27.6. The van der Waals surface area contributed by atoms with Crippen LogP contribution in [-0.4, -0.2) is 74.2 Å². The summed E-state index contributed by atoms with van der Waals surface area (Å²) in [5.41, 5.74) is 1.98. The van der Waals surface area contributed by atoms with Crippen molar-refractivity contribution in [3.8, 4) is 17.6 Å². The number of amides is 1. The number of rotatable bonds is 7. The molecule has 2 aliphatic rings. The van der Waals surface area contributed by atoms with Crippen molar-refractivity contribution in [2.75, 3.05) is 31.3 Å². The van der Waals surface area contributed by atoms with Gasteiger partial charge in [0.25, 0.3) is 0 Å². The van der Waals surface area contributed by atoms with E-state index in [1.54, 1.807) is 41.9 Å². The van der Waals surface area contributed by atoms with E-state index >= 15 is 0 Å². The molecule has 2 aliphatic heterocycles. The number of piperidine rings is 1. The van der Waals surface area contributed by atoms with Crippen LogP contribution < -0.4 is 30.6 Å². The number of aromatic nitrogens is 2. The fraction of sp³-hybridized carbons (Fsp3) is 0.407. The van der Waals surface area contributed by atoms with Crippen molar-refractivity contribution in [2.45, 2.75) is 48.9 Å². The van der Waals surface area contributed by atoms with E-state index in [0.29, 0.717) is 46.0 Å². The van der Waals surface area contributed by atoms with Gasteiger partial charge in [-0.1, -0.05) is 0 Å². The molecular formula is C27H29F3N6O2Se. The molecular weight excluding hydrogens is 576 g/mol. The minimum absolute atomic E-state index is 0.137. The number of hydrogen-bond donors (Lipinski definition) is 4. The van der Waals surface area contributed by atoms with Crippen LogP contribution in [0.2, 0.25) is 0 Å². The van der Waals surface area contributed by atoms with Gasteiger partial charge in [0.2, 0.25) is 0 Å². The zero-order valence-electron chi connectivity index (χ0n) is 21.5. The summed E-state index contributed by atoms with van der Waals surface area (Å²) in [6.07, 6.45) is 7.41. The minimum atomic E-state index is -4.33. The Balaban J connectivity index is 1.39. The van der Waals surface area contributed by atoms with E-state index in [-0.39, 0.29) is 23.1 Å². The van der Waals surface area contributed by atoms with Gasteiger partial charge in [0.05, 0.1) is 0 Å². The molecule has 3 atom stereocenters. The van der Waals surface area contributed by atoms with Crippen LogP contribution in [-0.2, 0) is 0 Å². The molecule has 12 heteroatoms. The number of fused-ring (bicyclic) bond motifs is 3. The van der Waals surface area contributed by atoms with Gasteiger partial charge < -0.3 is 0 Å². The van der Waals surface area contributed by atoms with E-state index in [1.807, 2.05) is 0 Å². The molecule has 4 heterocycles. The van der Waals surface area contributed by atoms with E-state index in [1.165, 1.54) is 13.3 Å². The molecule has 2 fully saturated rings. The first-order chi connectivity index (χ1) is 18.8. The van der Waals surface area contributed by atoms with E-state index in [0.717, 1.165) is 25.7 Å². The average Bonchev–Trinajstić information content (AvgIpc) is 3.48. The monoisotopic (exact) mass is 606 g/mol. The average molecular weight is 606 g/mol. The SMILES string of the molecule is CNC(=O)c1ccc(NCC#Cc2cc3c(N[C@@H]4CC[C@@H]5CC[C@H]4N5)nccn3c2[Se]C(F)(F)F)c(OC)c1. The number of methoxy groups -OCH3 is 1. The summed E-state index contributed by atoms with van der Waals surface area (Å²) in [7, 11) is 3.04.